The summed E-state index contributed by atoms with van der Waals surface area (Å²) in [5.74, 6) is -2.47. The van der Waals surface area contributed by atoms with E-state index in [1.165, 1.54) is 24.3 Å². The molecule has 0 unspecified atom stereocenters. The molecule has 0 radical (unpaired) electrons. The van der Waals surface area contributed by atoms with Gasteiger partial charge in [-0.25, -0.2) is 14.0 Å². The highest BCUT2D eigenvalue weighted by atomic mass is 19.1. The molecule has 0 atom stereocenters. The summed E-state index contributed by atoms with van der Waals surface area (Å²) in [6.45, 7) is 0. The first kappa shape index (κ1) is 8.74. The summed E-state index contributed by atoms with van der Waals surface area (Å²) in [6.07, 6.45) is 0. The number of benzene rings is 1. The van der Waals surface area contributed by atoms with E-state index < -0.39 is 24.9 Å². The first-order valence-electron chi connectivity index (χ1n) is 3.84. The summed E-state index contributed by atoms with van der Waals surface area (Å²) in [4.78, 5) is 21.3. The molecule has 1 heterocycles. The van der Waals surface area contributed by atoms with E-state index in [0.29, 0.717) is 5.46 Å². The first-order valence-corrected chi connectivity index (χ1v) is 3.84. The zero-order valence-electron chi connectivity index (χ0n) is 6.90. The van der Waals surface area contributed by atoms with Gasteiger partial charge in [0.05, 0.1) is 0 Å². The number of halogens is 1. The van der Waals surface area contributed by atoms with Crippen LogP contribution in [0.4, 0.5) is 4.39 Å². The van der Waals surface area contributed by atoms with Gasteiger partial charge in [0.15, 0.2) is 0 Å². The van der Waals surface area contributed by atoms with Crippen molar-refractivity contribution in [2.75, 3.05) is 0 Å². The van der Waals surface area contributed by atoms with Crippen LogP contribution in [0.1, 0.15) is 0 Å². The quantitative estimate of drug-likeness (QED) is 0.451. The lowest BCUT2D eigenvalue weighted by Gasteiger charge is -2.00. The van der Waals surface area contributed by atoms with Crippen molar-refractivity contribution < 1.29 is 23.3 Å². The van der Waals surface area contributed by atoms with Crippen molar-refractivity contribution in [3.8, 4) is 0 Å². The molecular weight excluding hydrogens is 190 g/mol. The van der Waals surface area contributed by atoms with Crippen LogP contribution in [0, 0.1) is 5.82 Å². The summed E-state index contributed by atoms with van der Waals surface area (Å²) >= 11 is 0. The van der Waals surface area contributed by atoms with Crippen LogP contribution in [-0.4, -0.2) is 19.1 Å². The van der Waals surface area contributed by atoms with Crippen LogP contribution in [0.2, 0.25) is 0 Å². The Kier molecular flexibility index (Phi) is 1.96. The third-order valence-corrected chi connectivity index (χ3v) is 1.74. The van der Waals surface area contributed by atoms with E-state index in [1.54, 1.807) is 0 Å². The average molecular weight is 194 g/mol. The number of rotatable bonds is 1. The minimum absolute atomic E-state index is 0.413. The summed E-state index contributed by atoms with van der Waals surface area (Å²) in [6, 6.07) is 5.14. The smallest absolute Gasteiger partial charge is 0.487 e. The maximum atomic E-state index is 12.5. The Morgan fingerprint density at radius 2 is 1.50 bits per heavy atom. The van der Waals surface area contributed by atoms with Crippen molar-refractivity contribution in [2.45, 2.75) is 0 Å². The second-order valence-corrected chi connectivity index (χ2v) is 2.69. The molecule has 2 rings (SSSR count). The van der Waals surface area contributed by atoms with E-state index in [0.717, 1.165) is 0 Å². The van der Waals surface area contributed by atoms with Gasteiger partial charge in [-0.2, -0.15) is 0 Å². The van der Waals surface area contributed by atoms with Crippen LogP contribution in [0.25, 0.3) is 0 Å². The van der Waals surface area contributed by atoms with Gasteiger partial charge in [-0.15, -0.1) is 0 Å². The van der Waals surface area contributed by atoms with Crippen LogP contribution in [0.3, 0.4) is 0 Å². The molecule has 1 fully saturated rings. The van der Waals surface area contributed by atoms with Gasteiger partial charge in [-0.1, -0.05) is 12.1 Å². The van der Waals surface area contributed by atoms with E-state index in [2.05, 4.69) is 9.31 Å². The second kappa shape index (κ2) is 3.14. The van der Waals surface area contributed by atoms with Crippen molar-refractivity contribution in [1.82, 2.24) is 0 Å². The maximum absolute atomic E-state index is 12.5. The standard InChI is InChI=1S/C8H4BFO4/c10-6-3-1-5(2-4-6)9-13-7(11)8(12)14-9/h1-4H. The van der Waals surface area contributed by atoms with Gasteiger partial charge < -0.3 is 9.31 Å². The lowest BCUT2D eigenvalue weighted by molar-refractivity contribution is -0.150. The van der Waals surface area contributed by atoms with Crippen molar-refractivity contribution in [3.63, 3.8) is 0 Å². The van der Waals surface area contributed by atoms with Crippen LogP contribution >= 0.6 is 0 Å². The predicted octanol–water partition coefficient (Wildman–Crippen LogP) is -0.379. The van der Waals surface area contributed by atoms with Gasteiger partial charge in [0.1, 0.15) is 5.82 Å². The Bertz CT molecular complexity index is 373. The van der Waals surface area contributed by atoms with Crippen molar-refractivity contribution in [3.05, 3.63) is 30.1 Å². The number of hydrogen-bond acceptors (Lipinski definition) is 4. The Hall–Kier alpha value is -1.85. The Morgan fingerprint density at radius 3 is 2.00 bits per heavy atom. The molecule has 0 saturated carbocycles. The molecule has 1 saturated heterocycles. The van der Waals surface area contributed by atoms with Gasteiger partial charge in [0, 0.05) is 5.46 Å². The Morgan fingerprint density at radius 1 is 1.00 bits per heavy atom. The minimum Gasteiger partial charge on any atom is -0.487 e. The van der Waals surface area contributed by atoms with Crippen LogP contribution in [-0.2, 0) is 18.9 Å². The molecule has 0 bridgehead atoms. The van der Waals surface area contributed by atoms with E-state index in [1.807, 2.05) is 0 Å². The molecule has 0 N–H and O–H groups in total. The SMILES string of the molecule is O=C1OB(c2ccc(F)cc2)OC1=O. The summed E-state index contributed by atoms with van der Waals surface area (Å²) in [7, 11) is -1.05. The van der Waals surface area contributed by atoms with Gasteiger partial charge in [0.25, 0.3) is 0 Å². The number of hydrogen-bond donors (Lipinski definition) is 0. The summed E-state index contributed by atoms with van der Waals surface area (Å²) in [5, 5.41) is 0. The lowest BCUT2D eigenvalue weighted by Crippen LogP contribution is -2.32. The zero-order chi connectivity index (χ0) is 10.1. The molecule has 0 aromatic heterocycles. The van der Waals surface area contributed by atoms with Gasteiger partial charge in [-0.3, -0.25) is 0 Å². The molecule has 4 nitrogen and oxygen atoms in total. The molecular formula is C8H4BFO4. The molecule has 14 heavy (non-hydrogen) atoms. The maximum Gasteiger partial charge on any atom is 0.637 e. The third kappa shape index (κ3) is 1.46. The molecule has 1 aliphatic rings. The fourth-order valence-electron chi connectivity index (χ4n) is 1.07. The average Bonchev–Trinajstić information content (AvgIpc) is 2.48. The number of carbonyl (C=O) groups is 2. The largest absolute Gasteiger partial charge is 0.637 e. The summed E-state index contributed by atoms with van der Waals surface area (Å²) in [5.41, 5.74) is 0.422. The normalized spacial score (nSPS) is 15.4. The monoisotopic (exact) mass is 194 g/mol. The van der Waals surface area contributed by atoms with Crippen LogP contribution < -0.4 is 5.46 Å². The van der Waals surface area contributed by atoms with Gasteiger partial charge >= 0.3 is 19.1 Å². The van der Waals surface area contributed by atoms with Gasteiger partial charge in [0.2, 0.25) is 0 Å². The predicted molar refractivity (Wildman–Crippen MR) is 44.0 cm³/mol. The van der Waals surface area contributed by atoms with Crippen molar-refractivity contribution in [1.29, 1.82) is 0 Å². The zero-order valence-corrected chi connectivity index (χ0v) is 6.90. The minimum atomic E-state index is -1.05. The third-order valence-electron chi connectivity index (χ3n) is 1.74. The molecule has 0 spiro atoms. The fraction of sp³-hybridized carbons (Fsp3) is 0. The molecule has 1 aromatic carbocycles. The highest BCUT2D eigenvalue weighted by molar-refractivity contribution is 6.70. The highest BCUT2D eigenvalue weighted by Gasteiger charge is 2.41. The molecule has 70 valence electrons. The lowest BCUT2D eigenvalue weighted by atomic mass is 9.79. The fourth-order valence-corrected chi connectivity index (χ4v) is 1.07. The first-order chi connectivity index (χ1) is 6.66. The summed E-state index contributed by atoms with van der Waals surface area (Å²) < 4.78 is 21.6. The van der Waals surface area contributed by atoms with E-state index >= 15 is 0 Å². The van der Waals surface area contributed by atoms with Crippen LogP contribution in [0.15, 0.2) is 24.3 Å². The van der Waals surface area contributed by atoms with Crippen LogP contribution in [0.5, 0.6) is 0 Å². The Balaban J connectivity index is 2.21. The molecule has 6 heteroatoms. The molecule has 0 amide bonds. The van der Waals surface area contributed by atoms with E-state index in [-0.39, 0.29) is 0 Å². The molecule has 1 aliphatic heterocycles. The second-order valence-electron chi connectivity index (χ2n) is 2.69. The highest BCUT2D eigenvalue weighted by Crippen LogP contribution is 2.04. The molecule has 0 aliphatic carbocycles. The van der Waals surface area contributed by atoms with Gasteiger partial charge in [-0.05, 0) is 12.1 Å². The van der Waals surface area contributed by atoms with Crippen molar-refractivity contribution >= 4 is 24.5 Å². The van der Waals surface area contributed by atoms with E-state index in [9.17, 15) is 14.0 Å². The topological polar surface area (TPSA) is 52.6 Å². The molecule has 1 aromatic rings. The Labute approximate surface area is 78.8 Å². The van der Waals surface area contributed by atoms with E-state index in [4.69, 9.17) is 0 Å². The number of carbonyl (C=O) groups excluding carboxylic acids is 2. The van der Waals surface area contributed by atoms with Crippen molar-refractivity contribution in [2.24, 2.45) is 0 Å².